The highest BCUT2D eigenvalue weighted by molar-refractivity contribution is 7.99. The number of aromatic nitrogens is 3. The molecule has 0 unspecified atom stereocenters. The maximum absolute atomic E-state index is 5.23. The molecule has 0 N–H and O–H groups in total. The van der Waals surface area contributed by atoms with Crippen molar-refractivity contribution >= 4 is 43.3 Å². The molecule has 0 atom stereocenters. The van der Waals surface area contributed by atoms with Gasteiger partial charge < -0.3 is 0 Å². The van der Waals surface area contributed by atoms with Crippen molar-refractivity contribution < 1.29 is 0 Å². The molecule has 51 heavy (non-hydrogen) atoms. The number of hydrogen-bond donors (Lipinski definition) is 0. The van der Waals surface area contributed by atoms with Gasteiger partial charge in [0.05, 0.1) is 5.41 Å². The standard InChI is InChI=1S/C46H29N3S2/c1-4-14-30(15-5-1)43-47-44(31-24-26-40-36(28-31)35-20-10-12-22-39(35)50-40)49-45(48-43)32-25-27-42-38(29-32)46(33-16-6-2-7-17-33,34-18-8-3-9-19-34)37-21-11-13-23-41(37)51-42/h1-29H. The van der Waals surface area contributed by atoms with Crippen molar-refractivity contribution in [3.63, 3.8) is 0 Å². The van der Waals surface area contributed by atoms with Crippen LogP contribution in [0.25, 0.3) is 54.3 Å². The van der Waals surface area contributed by atoms with Gasteiger partial charge in [0, 0.05) is 46.7 Å². The molecule has 7 aromatic carbocycles. The smallest absolute Gasteiger partial charge is 0.164 e. The van der Waals surface area contributed by atoms with E-state index in [4.69, 9.17) is 15.0 Å². The first-order valence-corrected chi connectivity index (χ1v) is 18.7. The van der Waals surface area contributed by atoms with Crippen molar-refractivity contribution in [3.8, 4) is 34.2 Å². The van der Waals surface area contributed by atoms with Crippen LogP contribution >= 0.6 is 23.1 Å². The van der Waals surface area contributed by atoms with Gasteiger partial charge in [-0.3, -0.25) is 0 Å². The van der Waals surface area contributed by atoms with Crippen molar-refractivity contribution in [2.45, 2.75) is 15.2 Å². The van der Waals surface area contributed by atoms with Gasteiger partial charge in [0.15, 0.2) is 17.5 Å². The van der Waals surface area contributed by atoms with Crippen LogP contribution in [-0.4, -0.2) is 15.0 Å². The predicted molar refractivity (Wildman–Crippen MR) is 211 cm³/mol. The lowest BCUT2D eigenvalue weighted by Crippen LogP contribution is -2.34. The normalized spacial score (nSPS) is 13.2. The second-order valence-corrected chi connectivity index (χ2v) is 14.9. The van der Waals surface area contributed by atoms with Crippen molar-refractivity contribution in [1.82, 2.24) is 15.0 Å². The van der Waals surface area contributed by atoms with Gasteiger partial charge in [0.2, 0.25) is 0 Å². The second kappa shape index (κ2) is 12.2. The molecule has 0 aliphatic carbocycles. The zero-order chi connectivity index (χ0) is 33.8. The third-order valence-electron chi connectivity index (χ3n) is 9.87. The fourth-order valence-electron chi connectivity index (χ4n) is 7.56. The Morgan fingerprint density at radius 3 is 1.63 bits per heavy atom. The Bertz CT molecular complexity index is 2680. The zero-order valence-corrected chi connectivity index (χ0v) is 29.0. The Hall–Kier alpha value is -5.88. The lowest BCUT2D eigenvalue weighted by molar-refractivity contribution is 0.703. The average molecular weight is 688 g/mol. The van der Waals surface area contributed by atoms with E-state index >= 15 is 0 Å². The Labute approximate surface area is 304 Å². The Balaban J connectivity index is 1.22. The van der Waals surface area contributed by atoms with Crippen LogP contribution in [0.1, 0.15) is 22.3 Å². The molecule has 1 aliphatic heterocycles. The molecule has 0 fully saturated rings. The molecule has 0 amide bonds. The van der Waals surface area contributed by atoms with E-state index < -0.39 is 5.41 Å². The number of hydrogen-bond acceptors (Lipinski definition) is 5. The van der Waals surface area contributed by atoms with Crippen molar-refractivity contribution in [3.05, 3.63) is 198 Å². The molecule has 2 aromatic heterocycles. The molecule has 0 spiro atoms. The van der Waals surface area contributed by atoms with Gasteiger partial charge >= 0.3 is 0 Å². The lowest BCUT2D eigenvalue weighted by atomic mass is 9.64. The van der Waals surface area contributed by atoms with Gasteiger partial charge in [-0.2, -0.15) is 0 Å². The topological polar surface area (TPSA) is 38.7 Å². The molecule has 0 bridgehead atoms. The molecule has 9 aromatic rings. The van der Waals surface area contributed by atoms with Crippen LogP contribution in [-0.2, 0) is 5.41 Å². The van der Waals surface area contributed by atoms with E-state index in [-0.39, 0.29) is 0 Å². The van der Waals surface area contributed by atoms with Gasteiger partial charge in [-0.05, 0) is 64.7 Å². The molecule has 5 heteroatoms. The van der Waals surface area contributed by atoms with Gasteiger partial charge in [0.25, 0.3) is 0 Å². The van der Waals surface area contributed by atoms with Crippen LogP contribution in [0.3, 0.4) is 0 Å². The van der Waals surface area contributed by atoms with Gasteiger partial charge in [-0.1, -0.05) is 145 Å². The fourth-order valence-corrected chi connectivity index (χ4v) is 9.82. The van der Waals surface area contributed by atoms with Crippen LogP contribution in [0.2, 0.25) is 0 Å². The quantitative estimate of drug-likeness (QED) is 0.181. The molecule has 3 nitrogen and oxygen atoms in total. The molecule has 1 aliphatic rings. The molecule has 10 rings (SSSR count). The van der Waals surface area contributed by atoms with Gasteiger partial charge in [-0.15, -0.1) is 11.3 Å². The zero-order valence-electron chi connectivity index (χ0n) is 27.4. The summed E-state index contributed by atoms with van der Waals surface area (Å²) in [6.45, 7) is 0. The average Bonchev–Trinajstić information content (AvgIpc) is 3.59. The number of fused-ring (bicyclic) bond motifs is 5. The van der Waals surface area contributed by atoms with Gasteiger partial charge in [-0.25, -0.2) is 15.0 Å². The molecule has 240 valence electrons. The summed E-state index contributed by atoms with van der Waals surface area (Å²) < 4.78 is 2.53. The molecular weight excluding hydrogens is 659 g/mol. The van der Waals surface area contributed by atoms with E-state index in [2.05, 4.69) is 158 Å². The highest BCUT2D eigenvalue weighted by Crippen LogP contribution is 2.56. The largest absolute Gasteiger partial charge is 0.208 e. The van der Waals surface area contributed by atoms with Crippen molar-refractivity contribution in [1.29, 1.82) is 0 Å². The number of rotatable bonds is 5. The Morgan fingerprint density at radius 2 is 0.902 bits per heavy atom. The minimum Gasteiger partial charge on any atom is -0.208 e. The predicted octanol–water partition coefficient (Wildman–Crippen LogP) is 12.1. The van der Waals surface area contributed by atoms with E-state index in [0.717, 1.165) is 16.7 Å². The number of nitrogens with zero attached hydrogens (tertiary/aromatic N) is 3. The summed E-state index contributed by atoms with van der Waals surface area (Å²) in [6.07, 6.45) is 0. The lowest BCUT2D eigenvalue weighted by Gasteiger charge is -2.42. The summed E-state index contributed by atoms with van der Waals surface area (Å²) in [5.74, 6) is 1.96. The summed E-state index contributed by atoms with van der Waals surface area (Å²) in [4.78, 5) is 18.0. The first-order valence-electron chi connectivity index (χ1n) is 17.0. The van der Waals surface area contributed by atoms with E-state index in [1.807, 2.05) is 41.3 Å². The fraction of sp³-hybridized carbons (Fsp3) is 0.0217. The molecule has 3 heterocycles. The van der Waals surface area contributed by atoms with Crippen LogP contribution in [0.15, 0.2) is 186 Å². The Morgan fingerprint density at radius 1 is 0.373 bits per heavy atom. The third kappa shape index (κ3) is 4.92. The Kier molecular flexibility index (Phi) is 7.15. The first kappa shape index (κ1) is 30.0. The van der Waals surface area contributed by atoms with Crippen LogP contribution in [0.5, 0.6) is 0 Å². The molecule has 0 saturated carbocycles. The van der Waals surface area contributed by atoms with E-state index in [1.54, 1.807) is 0 Å². The highest BCUT2D eigenvalue weighted by Gasteiger charge is 2.44. The summed E-state index contributed by atoms with van der Waals surface area (Å²) in [5, 5.41) is 2.47. The SMILES string of the molecule is c1ccc(-c2nc(-c3ccc4c(c3)C(c3ccccc3)(c3ccccc3)c3ccccc3S4)nc(-c3ccc4sc5ccccc5c4c3)n2)cc1. The molecular formula is C46H29N3S2. The van der Waals surface area contributed by atoms with Crippen LogP contribution < -0.4 is 0 Å². The summed E-state index contributed by atoms with van der Waals surface area (Å²) >= 11 is 3.64. The maximum atomic E-state index is 5.23. The van der Waals surface area contributed by atoms with Crippen LogP contribution in [0.4, 0.5) is 0 Å². The molecule has 0 saturated heterocycles. The van der Waals surface area contributed by atoms with E-state index in [9.17, 15) is 0 Å². The summed E-state index contributed by atoms with van der Waals surface area (Å²) in [6, 6.07) is 62.7. The second-order valence-electron chi connectivity index (χ2n) is 12.8. The van der Waals surface area contributed by atoms with E-state index in [0.29, 0.717) is 17.5 Å². The highest BCUT2D eigenvalue weighted by atomic mass is 32.2. The minimum absolute atomic E-state index is 0.543. The van der Waals surface area contributed by atoms with Crippen LogP contribution in [0, 0.1) is 0 Å². The molecule has 0 radical (unpaired) electrons. The number of benzene rings is 7. The van der Waals surface area contributed by atoms with Crippen molar-refractivity contribution in [2.24, 2.45) is 0 Å². The van der Waals surface area contributed by atoms with Crippen molar-refractivity contribution in [2.75, 3.05) is 0 Å². The monoisotopic (exact) mass is 687 g/mol. The third-order valence-corrected chi connectivity index (χ3v) is 12.2. The summed E-state index contributed by atoms with van der Waals surface area (Å²) in [7, 11) is 0. The first-order chi connectivity index (χ1) is 25.3. The number of thiophene rings is 1. The van der Waals surface area contributed by atoms with Gasteiger partial charge in [0.1, 0.15) is 0 Å². The minimum atomic E-state index is -0.543. The maximum Gasteiger partial charge on any atom is 0.164 e. The van der Waals surface area contributed by atoms with E-state index in [1.165, 1.54) is 52.2 Å². The summed E-state index contributed by atoms with van der Waals surface area (Å²) in [5.41, 5.74) is 7.27.